The highest BCUT2D eigenvalue weighted by molar-refractivity contribution is 5.70. The average Bonchev–Trinajstić information content (AvgIpc) is 2.11. The van der Waals surface area contributed by atoms with E-state index in [2.05, 4.69) is 26.1 Å². The standard InChI is InChI=1S/C11H23NO2/c1-7(2)8(3)6-12-10(5)9(4)11(13)14/h7-10,12H,6H2,1-5H3,(H,13,14). The smallest absolute Gasteiger partial charge is 0.307 e. The summed E-state index contributed by atoms with van der Waals surface area (Å²) >= 11 is 0. The van der Waals surface area contributed by atoms with E-state index in [9.17, 15) is 4.79 Å². The van der Waals surface area contributed by atoms with Gasteiger partial charge in [0.05, 0.1) is 5.92 Å². The number of rotatable bonds is 6. The van der Waals surface area contributed by atoms with E-state index in [1.54, 1.807) is 6.92 Å². The van der Waals surface area contributed by atoms with E-state index in [0.29, 0.717) is 11.8 Å². The van der Waals surface area contributed by atoms with Crippen LogP contribution in [0.5, 0.6) is 0 Å². The fourth-order valence-electron chi connectivity index (χ4n) is 0.998. The molecule has 0 spiro atoms. The summed E-state index contributed by atoms with van der Waals surface area (Å²) in [4.78, 5) is 10.7. The number of carboxylic acids is 1. The van der Waals surface area contributed by atoms with E-state index in [-0.39, 0.29) is 12.0 Å². The van der Waals surface area contributed by atoms with E-state index in [4.69, 9.17) is 5.11 Å². The molecule has 0 saturated carbocycles. The maximum atomic E-state index is 10.7. The van der Waals surface area contributed by atoms with Crippen LogP contribution in [0.4, 0.5) is 0 Å². The molecule has 0 aliphatic carbocycles. The van der Waals surface area contributed by atoms with Crippen molar-refractivity contribution in [3.8, 4) is 0 Å². The van der Waals surface area contributed by atoms with Gasteiger partial charge >= 0.3 is 5.97 Å². The summed E-state index contributed by atoms with van der Waals surface area (Å²) in [6, 6.07) is 0.0358. The zero-order chi connectivity index (χ0) is 11.3. The van der Waals surface area contributed by atoms with Gasteiger partial charge < -0.3 is 10.4 Å². The number of nitrogens with one attached hydrogen (secondary N) is 1. The summed E-state index contributed by atoms with van der Waals surface area (Å²) in [7, 11) is 0. The predicted molar refractivity (Wildman–Crippen MR) is 58.3 cm³/mol. The fraction of sp³-hybridized carbons (Fsp3) is 0.909. The Balaban J connectivity index is 3.84. The number of hydrogen-bond donors (Lipinski definition) is 2. The lowest BCUT2D eigenvalue weighted by molar-refractivity contribution is -0.141. The maximum absolute atomic E-state index is 10.7. The molecule has 2 N–H and O–H groups in total. The first-order chi connectivity index (χ1) is 6.36. The van der Waals surface area contributed by atoms with Gasteiger partial charge in [-0.15, -0.1) is 0 Å². The molecule has 0 aromatic rings. The SMILES string of the molecule is CC(C)C(C)CNC(C)C(C)C(=O)O. The van der Waals surface area contributed by atoms with Gasteiger partial charge in [-0.2, -0.15) is 0 Å². The number of hydrogen-bond acceptors (Lipinski definition) is 2. The minimum atomic E-state index is -0.734. The highest BCUT2D eigenvalue weighted by Gasteiger charge is 2.19. The van der Waals surface area contributed by atoms with Crippen LogP contribution < -0.4 is 5.32 Å². The van der Waals surface area contributed by atoms with Gasteiger partial charge in [-0.05, 0) is 25.3 Å². The van der Waals surface area contributed by atoms with E-state index < -0.39 is 5.97 Å². The Kier molecular flexibility index (Phi) is 5.77. The second kappa shape index (κ2) is 6.02. The minimum absolute atomic E-state index is 0.0358. The zero-order valence-corrected chi connectivity index (χ0v) is 9.87. The Bertz CT molecular complexity index is 180. The van der Waals surface area contributed by atoms with Crippen LogP contribution in [0, 0.1) is 17.8 Å². The molecule has 0 aromatic carbocycles. The number of aliphatic carboxylic acids is 1. The average molecular weight is 201 g/mol. The van der Waals surface area contributed by atoms with Gasteiger partial charge in [0.2, 0.25) is 0 Å². The lowest BCUT2D eigenvalue weighted by Crippen LogP contribution is -2.39. The van der Waals surface area contributed by atoms with Crippen molar-refractivity contribution in [1.29, 1.82) is 0 Å². The Morgan fingerprint density at radius 3 is 2.07 bits per heavy atom. The third kappa shape index (κ3) is 4.61. The first-order valence-corrected chi connectivity index (χ1v) is 5.32. The lowest BCUT2D eigenvalue weighted by atomic mass is 9.97. The Labute approximate surface area is 86.9 Å². The first-order valence-electron chi connectivity index (χ1n) is 5.32. The normalized spacial score (nSPS) is 17.9. The lowest BCUT2D eigenvalue weighted by Gasteiger charge is -2.22. The van der Waals surface area contributed by atoms with Crippen molar-refractivity contribution in [1.82, 2.24) is 5.32 Å². The second-order valence-corrected chi connectivity index (χ2v) is 4.55. The molecule has 0 rings (SSSR count). The molecule has 84 valence electrons. The minimum Gasteiger partial charge on any atom is -0.481 e. The fourth-order valence-corrected chi connectivity index (χ4v) is 0.998. The molecule has 3 heteroatoms. The Hall–Kier alpha value is -0.570. The highest BCUT2D eigenvalue weighted by atomic mass is 16.4. The van der Waals surface area contributed by atoms with Gasteiger partial charge in [0, 0.05) is 6.04 Å². The molecule has 0 radical (unpaired) electrons. The molecule has 0 aliphatic heterocycles. The van der Waals surface area contributed by atoms with Gasteiger partial charge in [-0.25, -0.2) is 0 Å². The van der Waals surface area contributed by atoms with Crippen LogP contribution in [0.2, 0.25) is 0 Å². The van der Waals surface area contributed by atoms with Crippen LogP contribution >= 0.6 is 0 Å². The van der Waals surface area contributed by atoms with Crippen LogP contribution in [-0.2, 0) is 4.79 Å². The van der Waals surface area contributed by atoms with Crippen molar-refractivity contribution < 1.29 is 9.90 Å². The van der Waals surface area contributed by atoms with Gasteiger partial charge in [0.15, 0.2) is 0 Å². The zero-order valence-electron chi connectivity index (χ0n) is 9.87. The third-order valence-electron chi connectivity index (χ3n) is 3.04. The van der Waals surface area contributed by atoms with Crippen LogP contribution in [0.3, 0.4) is 0 Å². The molecule has 0 aromatic heterocycles. The summed E-state index contributed by atoms with van der Waals surface area (Å²) < 4.78 is 0. The van der Waals surface area contributed by atoms with Gasteiger partial charge in [0.25, 0.3) is 0 Å². The summed E-state index contributed by atoms with van der Waals surface area (Å²) in [5.74, 6) is 0.157. The van der Waals surface area contributed by atoms with Gasteiger partial charge in [-0.1, -0.05) is 27.7 Å². The van der Waals surface area contributed by atoms with E-state index in [1.807, 2.05) is 6.92 Å². The Morgan fingerprint density at radius 1 is 1.21 bits per heavy atom. The summed E-state index contributed by atoms with van der Waals surface area (Å²) in [5.41, 5.74) is 0. The van der Waals surface area contributed by atoms with Gasteiger partial charge in [-0.3, -0.25) is 4.79 Å². The van der Waals surface area contributed by atoms with E-state index >= 15 is 0 Å². The topological polar surface area (TPSA) is 49.3 Å². The molecule has 3 nitrogen and oxygen atoms in total. The quantitative estimate of drug-likeness (QED) is 0.691. The molecule has 3 atom stereocenters. The highest BCUT2D eigenvalue weighted by Crippen LogP contribution is 2.09. The van der Waals surface area contributed by atoms with E-state index in [1.165, 1.54) is 0 Å². The summed E-state index contributed by atoms with van der Waals surface area (Å²) in [6.07, 6.45) is 0. The van der Waals surface area contributed by atoms with Crippen molar-refractivity contribution in [2.24, 2.45) is 17.8 Å². The molecular weight excluding hydrogens is 178 g/mol. The van der Waals surface area contributed by atoms with Crippen LogP contribution in [-0.4, -0.2) is 23.7 Å². The molecule has 3 unspecified atom stereocenters. The largest absolute Gasteiger partial charge is 0.481 e. The summed E-state index contributed by atoms with van der Waals surface area (Å²) in [5, 5.41) is 12.1. The molecule has 14 heavy (non-hydrogen) atoms. The molecule has 0 bridgehead atoms. The van der Waals surface area contributed by atoms with Crippen LogP contribution in [0.25, 0.3) is 0 Å². The molecule has 0 saturated heterocycles. The van der Waals surface area contributed by atoms with Crippen molar-refractivity contribution in [3.05, 3.63) is 0 Å². The molecule has 0 fully saturated rings. The molecule has 0 heterocycles. The van der Waals surface area contributed by atoms with Crippen LogP contribution in [0.15, 0.2) is 0 Å². The number of carbonyl (C=O) groups is 1. The van der Waals surface area contributed by atoms with Crippen molar-refractivity contribution >= 4 is 5.97 Å². The predicted octanol–water partition coefficient (Wildman–Crippen LogP) is 1.98. The first kappa shape index (κ1) is 13.4. The van der Waals surface area contributed by atoms with Crippen molar-refractivity contribution in [3.63, 3.8) is 0 Å². The monoisotopic (exact) mass is 201 g/mol. The molecular formula is C11H23NO2. The number of carboxylic acid groups (broad SMARTS) is 1. The molecule has 0 amide bonds. The Morgan fingerprint density at radius 2 is 1.71 bits per heavy atom. The van der Waals surface area contributed by atoms with E-state index in [0.717, 1.165) is 6.54 Å². The van der Waals surface area contributed by atoms with Crippen molar-refractivity contribution in [2.45, 2.75) is 40.7 Å². The maximum Gasteiger partial charge on any atom is 0.307 e. The second-order valence-electron chi connectivity index (χ2n) is 4.55. The van der Waals surface area contributed by atoms with Gasteiger partial charge in [0.1, 0.15) is 0 Å². The van der Waals surface area contributed by atoms with Crippen molar-refractivity contribution in [2.75, 3.05) is 6.54 Å². The third-order valence-corrected chi connectivity index (χ3v) is 3.04. The van der Waals surface area contributed by atoms with Crippen LogP contribution in [0.1, 0.15) is 34.6 Å². The summed E-state index contributed by atoms with van der Waals surface area (Å²) in [6.45, 7) is 11.1. The molecule has 0 aliphatic rings.